The largest absolute Gasteiger partial charge is 0.467 e. The maximum atomic E-state index is 12.4. The fourth-order valence-electron chi connectivity index (χ4n) is 2.04. The Bertz CT molecular complexity index is 699. The van der Waals surface area contributed by atoms with E-state index in [4.69, 9.17) is 9.16 Å². The van der Waals surface area contributed by atoms with Gasteiger partial charge in [0.05, 0.1) is 12.0 Å². The van der Waals surface area contributed by atoms with E-state index in [1.165, 1.54) is 25.3 Å². The smallest absolute Gasteiger partial charge is 0.328 e. The minimum atomic E-state index is -1.98. The molecule has 0 radical (unpaired) electrons. The second-order valence-electron chi connectivity index (χ2n) is 7.75. The van der Waals surface area contributed by atoms with Crippen LogP contribution in [0.3, 0.4) is 0 Å². The Balaban J connectivity index is 2.81. The molecule has 27 heavy (non-hydrogen) atoms. The molecular formula is C18H28N2O6Si. The molecule has 0 fully saturated rings. The van der Waals surface area contributed by atoms with Gasteiger partial charge < -0.3 is 14.5 Å². The highest BCUT2D eigenvalue weighted by molar-refractivity contribution is 6.74. The van der Waals surface area contributed by atoms with Crippen molar-refractivity contribution >= 4 is 25.9 Å². The Morgan fingerprint density at radius 3 is 2.44 bits per heavy atom. The molecule has 8 nitrogen and oxygen atoms in total. The average Bonchev–Trinajstić information content (AvgIpc) is 2.59. The number of nitro benzene ring substituents is 1. The van der Waals surface area contributed by atoms with Gasteiger partial charge in [-0.1, -0.05) is 26.8 Å². The summed E-state index contributed by atoms with van der Waals surface area (Å²) in [6, 6.07) is 4.42. The van der Waals surface area contributed by atoms with Crippen LogP contribution in [0.4, 0.5) is 5.69 Å². The summed E-state index contributed by atoms with van der Waals surface area (Å²) in [4.78, 5) is 34.7. The lowest BCUT2D eigenvalue weighted by Gasteiger charge is -2.36. The van der Waals surface area contributed by atoms with Crippen molar-refractivity contribution in [2.75, 3.05) is 13.7 Å². The Morgan fingerprint density at radius 1 is 1.30 bits per heavy atom. The molecule has 0 heterocycles. The van der Waals surface area contributed by atoms with Gasteiger partial charge in [0.15, 0.2) is 8.32 Å². The van der Waals surface area contributed by atoms with E-state index in [1.54, 1.807) is 0 Å². The summed E-state index contributed by atoms with van der Waals surface area (Å²) in [5, 5.41) is 13.5. The van der Waals surface area contributed by atoms with Gasteiger partial charge in [-0.3, -0.25) is 14.9 Å². The van der Waals surface area contributed by atoms with Crippen LogP contribution in [-0.2, 0) is 14.0 Å². The number of hydrogen-bond donors (Lipinski definition) is 1. The predicted octanol–water partition coefficient (Wildman–Crippen LogP) is 3.28. The van der Waals surface area contributed by atoms with Gasteiger partial charge in [-0.25, -0.2) is 4.79 Å². The van der Waals surface area contributed by atoms with Crippen molar-refractivity contribution in [1.82, 2.24) is 5.32 Å². The van der Waals surface area contributed by atoms with E-state index in [0.29, 0.717) is 6.61 Å². The third-order valence-electron chi connectivity index (χ3n) is 4.79. The highest BCUT2D eigenvalue weighted by atomic mass is 28.4. The van der Waals surface area contributed by atoms with E-state index in [-0.39, 0.29) is 22.7 Å². The quantitative estimate of drug-likeness (QED) is 0.313. The topological polar surface area (TPSA) is 108 Å². The summed E-state index contributed by atoms with van der Waals surface area (Å²) in [5.74, 6) is -1.17. The van der Waals surface area contributed by atoms with Gasteiger partial charge in [-0.05, 0) is 24.2 Å². The molecule has 150 valence electrons. The molecule has 0 saturated heterocycles. The zero-order valence-corrected chi connectivity index (χ0v) is 17.7. The Kier molecular flexibility index (Phi) is 7.67. The van der Waals surface area contributed by atoms with Crippen LogP contribution in [0, 0.1) is 10.1 Å². The number of esters is 1. The monoisotopic (exact) mass is 396 g/mol. The minimum Gasteiger partial charge on any atom is -0.467 e. The molecule has 1 atom stereocenters. The number of non-ortho nitro benzene ring substituents is 1. The van der Waals surface area contributed by atoms with Gasteiger partial charge in [-0.15, -0.1) is 0 Å². The maximum Gasteiger partial charge on any atom is 0.328 e. The van der Waals surface area contributed by atoms with Crippen LogP contribution in [0.5, 0.6) is 0 Å². The molecule has 0 aliphatic carbocycles. The highest BCUT2D eigenvalue weighted by Crippen LogP contribution is 2.36. The summed E-state index contributed by atoms with van der Waals surface area (Å²) in [6.07, 6.45) is 0.250. The molecule has 1 rings (SSSR count). The van der Waals surface area contributed by atoms with Gasteiger partial charge >= 0.3 is 5.97 Å². The summed E-state index contributed by atoms with van der Waals surface area (Å²) >= 11 is 0. The Hall–Kier alpha value is -2.26. The molecule has 1 amide bonds. The number of methoxy groups -OCH3 is 1. The second kappa shape index (κ2) is 9.09. The van der Waals surface area contributed by atoms with Crippen LogP contribution in [-0.4, -0.2) is 44.9 Å². The van der Waals surface area contributed by atoms with Crippen molar-refractivity contribution in [3.8, 4) is 0 Å². The fourth-order valence-corrected chi connectivity index (χ4v) is 3.10. The van der Waals surface area contributed by atoms with Crippen LogP contribution in [0.25, 0.3) is 0 Å². The lowest BCUT2D eigenvalue weighted by molar-refractivity contribution is -0.384. The number of amides is 1. The molecule has 0 bridgehead atoms. The number of nitrogens with one attached hydrogen (secondary N) is 1. The van der Waals surface area contributed by atoms with Crippen molar-refractivity contribution in [2.24, 2.45) is 0 Å². The van der Waals surface area contributed by atoms with Gasteiger partial charge in [0.1, 0.15) is 6.04 Å². The molecule has 0 aromatic heterocycles. The highest BCUT2D eigenvalue weighted by Gasteiger charge is 2.37. The number of rotatable bonds is 8. The fraction of sp³-hybridized carbons (Fsp3) is 0.556. The molecule has 1 aromatic carbocycles. The Morgan fingerprint density at radius 2 is 1.93 bits per heavy atom. The summed E-state index contributed by atoms with van der Waals surface area (Å²) in [5.41, 5.74) is -0.0954. The summed E-state index contributed by atoms with van der Waals surface area (Å²) < 4.78 is 10.8. The lowest BCUT2D eigenvalue weighted by Crippen LogP contribution is -2.45. The third kappa shape index (κ3) is 6.44. The first kappa shape index (κ1) is 22.8. The van der Waals surface area contributed by atoms with E-state index in [9.17, 15) is 19.7 Å². The van der Waals surface area contributed by atoms with Crippen LogP contribution >= 0.6 is 0 Å². The molecule has 0 unspecified atom stereocenters. The van der Waals surface area contributed by atoms with Crippen molar-refractivity contribution in [2.45, 2.75) is 51.4 Å². The van der Waals surface area contributed by atoms with Crippen LogP contribution in [0.2, 0.25) is 18.1 Å². The van der Waals surface area contributed by atoms with Crippen LogP contribution in [0.15, 0.2) is 24.3 Å². The molecule has 1 aromatic rings. The number of nitrogens with zero attached hydrogens (tertiary/aromatic N) is 1. The van der Waals surface area contributed by atoms with E-state index < -0.39 is 31.2 Å². The summed E-state index contributed by atoms with van der Waals surface area (Å²) in [6.45, 7) is 10.8. The number of carbonyl (C=O) groups excluding carboxylic acids is 2. The van der Waals surface area contributed by atoms with E-state index in [0.717, 1.165) is 6.07 Å². The van der Waals surface area contributed by atoms with Gasteiger partial charge in [0.25, 0.3) is 11.6 Å². The zero-order chi connectivity index (χ0) is 20.8. The van der Waals surface area contributed by atoms with Crippen molar-refractivity contribution in [3.05, 3.63) is 39.9 Å². The molecule has 0 aliphatic heterocycles. The first-order valence-corrected chi connectivity index (χ1v) is 11.6. The SMILES string of the molecule is COC(=O)[C@@H](CCO[Si](C)(C)C(C)(C)C)NC(=O)c1cccc([N+](=O)[O-])c1. The average molecular weight is 397 g/mol. The molecule has 1 N–H and O–H groups in total. The maximum absolute atomic E-state index is 12.4. The normalized spacial score (nSPS) is 13.0. The predicted molar refractivity (Wildman–Crippen MR) is 104 cm³/mol. The van der Waals surface area contributed by atoms with E-state index in [2.05, 4.69) is 39.2 Å². The van der Waals surface area contributed by atoms with Gasteiger partial charge in [0.2, 0.25) is 0 Å². The molecular weight excluding hydrogens is 368 g/mol. The van der Waals surface area contributed by atoms with E-state index in [1.807, 2.05) is 0 Å². The lowest BCUT2D eigenvalue weighted by atomic mass is 10.1. The number of benzene rings is 1. The first-order valence-electron chi connectivity index (χ1n) is 8.66. The zero-order valence-electron chi connectivity index (χ0n) is 16.7. The van der Waals surface area contributed by atoms with Crippen molar-refractivity contribution < 1.29 is 23.7 Å². The number of ether oxygens (including phenoxy) is 1. The number of carbonyl (C=O) groups is 2. The first-order chi connectivity index (χ1) is 12.4. The molecule has 0 saturated carbocycles. The van der Waals surface area contributed by atoms with Crippen molar-refractivity contribution in [1.29, 1.82) is 0 Å². The Labute approximate surface area is 160 Å². The third-order valence-corrected chi connectivity index (χ3v) is 9.32. The summed E-state index contributed by atoms with van der Waals surface area (Å²) in [7, 11) is -0.741. The molecule has 0 spiro atoms. The van der Waals surface area contributed by atoms with Gasteiger partial charge in [0, 0.05) is 30.7 Å². The standard InChI is InChI=1S/C18H28N2O6Si/c1-18(2,3)27(5,6)26-11-10-15(17(22)25-4)19-16(21)13-8-7-9-14(12-13)20(23)24/h7-9,12,15H,10-11H2,1-6H3,(H,19,21)/t15-/m1/s1. The number of nitro groups is 1. The second-order valence-corrected chi connectivity index (χ2v) is 12.6. The van der Waals surface area contributed by atoms with E-state index >= 15 is 0 Å². The van der Waals surface area contributed by atoms with Crippen LogP contribution < -0.4 is 5.32 Å². The van der Waals surface area contributed by atoms with Gasteiger partial charge in [-0.2, -0.15) is 0 Å². The van der Waals surface area contributed by atoms with Crippen LogP contribution in [0.1, 0.15) is 37.6 Å². The van der Waals surface area contributed by atoms with Crippen molar-refractivity contribution in [3.63, 3.8) is 0 Å². The minimum absolute atomic E-state index is 0.0278. The number of hydrogen-bond acceptors (Lipinski definition) is 6. The molecule has 0 aliphatic rings. The molecule has 9 heteroatoms.